The average molecular weight is 267 g/mol. The van der Waals surface area contributed by atoms with Crippen molar-refractivity contribution >= 4 is 0 Å². The summed E-state index contributed by atoms with van der Waals surface area (Å²) in [7, 11) is 0. The number of rotatable bonds is 5. The van der Waals surface area contributed by atoms with Gasteiger partial charge in [0, 0.05) is 12.0 Å². The Kier molecular flexibility index (Phi) is 4.92. The Morgan fingerprint density at radius 1 is 1.26 bits per heavy atom. The summed E-state index contributed by atoms with van der Waals surface area (Å²) in [5, 5.41) is 3.20. The lowest BCUT2D eigenvalue weighted by molar-refractivity contribution is -0.0317. The van der Waals surface area contributed by atoms with Crippen LogP contribution in [-0.2, 0) is 12.3 Å². The fourth-order valence-corrected chi connectivity index (χ4v) is 2.78. The molecule has 0 bridgehead atoms. The summed E-state index contributed by atoms with van der Waals surface area (Å²) in [6.45, 7) is 3.79. The van der Waals surface area contributed by atoms with Gasteiger partial charge in [0.25, 0.3) is 5.92 Å². The zero-order valence-electron chi connectivity index (χ0n) is 11.6. The first-order valence-electron chi connectivity index (χ1n) is 7.30. The highest BCUT2D eigenvalue weighted by molar-refractivity contribution is 5.26. The fraction of sp³-hybridized carbons (Fsp3) is 0.625. The number of hydrogen-bond acceptors (Lipinski definition) is 1. The van der Waals surface area contributed by atoms with E-state index in [2.05, 4.69) is 12.2 Å². The third kappa shape index (κ3) is 4.00. The average Bonchev–Trinajstić information content (AvgIpc) is 2.40. The quantitative estimate of drug-likeness (QED) is 0.846. The van der Waals surface area contributed by atoms with Gasteiger partial charge >= 0.3 is 0 Å². The summed E-state index contributed by atoms with van der Waals surface area (Å²) in [4.78, 5) is 0. The molecule has 1 nitrogen and oxygen atoms in total. The monoisotopic (exact) mass is 267 g/mol. The molecule has 19 heavy (non-hydrogen) atoms. The molecule has 1 aliphatic heterocycles. The molecule has 1 heterocycles. The van der Waals surface area contributed by atoms with Crippen LogP contribution >= 0.6 is 0 Å². The van der Waals surface area contributed by atoms with E-state index in [1.807, 2.05) is 12.1 Å². The Morgan fingerprint density at radius 3 is 2.58 bits per heavy atom. The molecule has 0 amide bonds. The van der Waals surface area contributed by atoms with E-state index in [9.17, 15) is 8.78 Å². The van der Waals surface area contributed by atoms with E-state index >= 15 is 0 Å². The highest BCUT2D eigenvalue weighted by Gasteiger charge is 2.34. The molecule has 1 aliphatic rings. The summed E-state index contributed by atoms with van der Waals surface area (Å²) in [5.41, 5.74) is 1.30. The molecule has 1 N–H and O–H groups in total. The Morgan fingerprint density at radius 2 is 2.00 bits per heavy atom. The Labute approximate surface area is 114 Å². The molecular weight excluding hydrogens is 244 g/mol. The van der Waals surface area contributed by atoms with Gasteiger partial charge in [-0.15, -0.1) is 0 Å². The third-order valence-corrected chi connectivity index (χ3v) is 3.86. The maximum atomic E-state index is 14.2. The smallest absolute Gasteiger partial charge is 0.273 e. The predicted molar refractivity (Wildman–Crippen MR) is 74.5 cm³/mol. The van der Waals surface area contributed by atoms with Crippen LogP contribution in [0.4, 0.5) is 8.78 Å². The van der Waals surface area contributed by atoms with Crippen molar-refractivity contribution in [1.29, 1.82) is 0 Å². The zero-order valence-corrected chi connectivity index (χ0v) is 11.6. The van der Waals surface area contributed by atoms with E-state index in [-0.39, 0.29) is 17.9 Å². The van der Waals surface area contributed by atoms with E-state index in [0.29, 0.717) is 0 Å². The van der Waals surface area contributed by atoms with Crippen LogP contribution in [0.1, 0.15) is 43.7 Å². The largest absolute Gasteiger partial charge is 0.316 e. The second-order valence-electron chi connectivity index (χ2n) is 5.57. The number of nitrogens with one attached hydrogen (secondary N) is 1. The second kappa shape index (κ2) is 6.47. The van der Waals surface area contributed by atoms with E-state index < -0.39 is 5.92 Å². The molecule has 1 unspecified atom stereocenters. The molecule has 0 saturated carbocycles. The number of benzene rings is 1. The summed E-state index contributed by atoms with van der Waals surface area (Å²) in [6, 6.07) is 6.88. The topological polar surface area (TPSA) is 12.0 Å². The molecule has 0 radical (unpaired) electrons. The first-order valence-corrected chi connectivity index (χ1v) is 7.30. The van der Waals surface area contributed by atoms with Crippen LogP contribution in [0.15, 0.2) is 24.3 Å². The summed E-state index contributed by atoms with van der Waals surface area (Å²) in [5.74, 6) is -2.60. The lowest BCUT2D eigenvalue weighted by Crippen LogP contribution is -2.33. The minimum Gasteiger partial charge on any atom is -0.316 e. The van der Waals surface area contributed by atoms with Crippen molar-refractivity contribution in [3.05, 3.63) is 35.4 Å². The molecule has 1 atom stereocenters. The Bertz CT molecular complexity index is 380. The number of piperidine rings is 1. The van der Waals surface area contributed by atoms with Gasteiger partial charge in [0.15, 0.2) is 0 Å². The van der Waals surface area contributed by atoms with Crippen LogP contribution in [0.2, 0.25) is 0 Å². The van der Waals surface area contributed by atoms with E-state index in [1.54, 1.807) is 12.1 Å². The van der Waals surface area contributed by atoms with Crippen molar-refractivity contribution in [2.75, 3.05) is 13.1 Å². The molecule has 1 fully saturated rings. The molecule has 106 valence electrons. The maximum absolute atomic E-state index is 14.2. The number of halogens is 2. The highest BCUT2D eigenvalue weighted by Crippen LogP contribution is 2.36. The van der Waals surface area contributed by atoms with Gasteiger partial charge in [-0.2, -0.15) is 0 Å². The number of hydrogen-bond donors (Lipinski definition) is 1. The molecule has 0 aliphatic carbocycles. The first-order chi connectivity index (χ1) is 9.12. The van der Waals surface area contributed by atoms with Gasteiger partial charge in [0.1, 0.15) is 0 Å². The van der Waals surface area contributed by atoms with Gasteiger partial charge in [-0.1, -0.05) is 37.6 Å². The molecule has 3 heteroatoms. The van der Waals surface area contributed by atoms with Crippen LogP contribution in [0.25, 0.3) is 0 Å². The maximum Gasteiger partial charge on any atom is 0.273 e. The van der Waals surface area contributed by atoms with Crippen molar-refractivity contribution in [3.63, 3.8) is 0 Å². The van der Waals surface area contributed by atoms with Crippen molar-refractivity contribution in [1.82, 2.24) is 5.32 Å². The van der Waals surface area contributed by atoms with Crippen LogP contribution < -0.4 is 5.32 Å². The van der Waals surface area contributed by atoms with Gasteiger partial charge in [0.2, 0.25) is 0 Å². The summed E-state index contributed by atoms with van der Waals surface area (Å²) >= 11 is 0. The molecule has 1 aromatic rings. The molecule has 0 aromatic heterocycles. The van der Waals surface area contributed by atoms with Gasteiger partial charge in [-0.25, -0.2) is 8.78 Å². The van der Waals surface area contributed by atoms with Gasteiger partial charge in [-0.3, -0.25) is 0 Å². The molecule has 2 rings (SSSR count). The number of aryl methyl sites for hydroxylation is 1. The van der Waals surface area contributed by atoms with Crippen LogP contribution in [0.5, 0.6) is 0 Å². The summed E-state index contributed by atoms with van der Waals surface area (Å²) < 4.78 is 28.5. The standard InChI is InChI=1S/C16H23F2N/c1-2-4-13-6-8-15(9-7-13)16(17,18)11-14-5-3-10-19-12-14/h6-9,14,19H,2-5,10-12H2,1H3. The van der Waals surface area contributed by atoms with Gasteiger partial charge < -0.3 is 5.32 Å². The first kappa shape index (κ1) is 14.4. The van der Waals surface area contributed by atoms with Gasteiger partial charge in [0.05, 0.1) is 0 Å². The van der Waals surface area contributed by atoms with Crippen molar-refractivity contribution in [2.24, 2.45) is 5.92 Å². The minimum absolute atomic E-state index is 0.0346. The van der Waals surface area contributed by atoms with E-state index in [4.69, 9.17) is 0 Å². The predicted octanol–water partition coefficient (Wildman–Crippen LogP) is 4.12. The van der Waals surface area contributed by atoms with E-state index in [0.717, 1.165) is 44.3 Å². The fourth-order valence-electron chi connectivity index (χ4n) is 2.78. The lowest BCUT2D eigenvalue weighted by Gasteiger charge is -2.27. The molecule has 1 saturated heterocycles. The molecule has 1 aromatic carbocycles. The zero-order chi connectivity index (χ0) is 13.7. The van der Waals surface area contributed by atoms with Crippen LogP contribution in [-0.4, -0.2) is 13.1 Å². The second-order valence-corrected chi connectivity index (χ2v) is 5.57. The Hall–Kier alpha value is -0.960. The van der Waals surface area contributed by atoms with E-state index in [1.165, 1.54) is 0 Å². The lowest BCUT2D eigenvalue weighted by atomic mass is 9.90. The highest BCUT2D eigenvalue weighted by atomic mass is 19.3. The minimum atomic E-state index is -2.70. The third-order valence-electron chi connectivity index (χ3n) is 3.86. The normalized spacial score (nSPS) is 20.5. The van der Waals surface area contributed by atoms with Crippen molar-refractivity contribution < 1.29 is 8.78 Å². The molecular formula is C16H23F2N. The van der Waals surface area contributed by atoms with Gasteiger partial charge in [-0.05, 0) is 43.8 Å². The molecule has 0 spiro atoms. The van der Waals surface area contributed by atoms with Crippen LogP contribution in [0, 0.1) is 5.92 Å². The Balaban J connectivity index is 2.00. The SMILES string of the molecule is CCCc1ccc(C(F)(F)CC2CCCNC2)cc1. The van der Waals surface area contributed by atoms with Crippen molar-refractivity contribution in [2.45, 2.75) is 45.0 Å². The summed E-state index contributed by atoms with van der Waals surface area (Å²) in [6.07, 6.45) is 3.89. The van der Waals surface area contributed by atoms with Crippen LogP contribution in [0.3, 0.4) is 0 Å². The van der Waals surface area contributed by atoms with Crippen molar-refractivity contribution in [3.8, 4) is 0 Å². The number of alkyl halides is 2.